The minimum absolute atomic E-state index is 0.304. The quantitative estimate of drug-likeness (QED) is 0.805. The van der Waals surface area contributed by atoms with Crippen molar-refractivity contribution in [3.05, 3.63) is 42.1 Å². The molecule has 1 aromatic carbocycles. The molecule has 1 aromatic heterocycles. The maximum Gasteiger partial charge on any atom is 0.231 e. The second-order valence-electron chi connectivity index (χ2n) is 4.66. The van der Waals surface area contributed by atoms with Crippen molar-refractivity contribution in [2.45, 2.75) is 19.8 Å². The molecular formula is C15H15NO2. The number of nitrogens with zero attached hydrogens (tertiary/aromatic N) is 1. The van der Waals surface area contributed by atoms with Crippen LogP contribution < -0.4 is 9.47 Å². The van der Waals surface area contributed by atoms with Gasteiger partial charge in [-0.25, -0.2) is 0 Å². The van der Waals surface area contributed by atoms with Crippen LogP contribution in [0.25, 0.3) is 11.3 Å². The first-order chi connectivity index (χ1) is 8.75. The Morgan fingerprint density at radius 1 is 1.11 bits per heavy atom. The highest BCUT2D eigenvalue weighted by molar-refractivity contribution is 5.67. The van der Waals surface area contributed by atoms with E-state index in [0.29, 0.717) is 12.7 Å². The van der Waals surface area contributed by atoms with Crippen molar-refractivity contribution in [2.75, 3.05) is 6.79 Å². The van der Waals surface area contributed by atoms with E-state index < -0.39 is 0 Å². The fourth-order valence-corrected chi connectivity index (χ4v) is 2.17. The molecule has 1 aliphatic rings. The number of pyridine rings is 1. The summed E-state index contributed by atoms with van der Waals surface area (Å²) in [5.41, 5.74) is 3.34. The van der Waals surface area contributed by atoms with E-state index in [2.05, 4.69) is 24.9 Å². The zero-order valence-electron chi connectivity index (χ0n) is 10.5. The number of ether oxygens (including phenoxy) is 2. The maximum absolute atomic E-state index is 5.41. The summed E-state index contributed by atoms with van der Waals surface area (Å²) < 4.78 is 10.7. The van der Waals surface area contributed by atoms with E-state index in [-0.39, 0.29) is 0 Å². The number of aromatic nitrogens is 1. The Morgan fingerprint density at radius 2 is 1.94 bits per heavy atom. The van der Waals surface area contributed by atoms with Gasteiger partial charge in [0.15, 0.2) is 11.5 Å². The molecule has 0 N–H and O–H groups in total. The average Bonchev–Trinajstić information content (AvgIpc) is 2.85. The highest BCUT2D eigenvalue weighted by Crippen LogP contribution is 2.37. The number of fused-ring (bicyclic) bond motifs is 1. The minimum atomic E-state index is 0.304. The molecule has 3 heteroatoms. The number of hydrogen-bond donors (Lipinski definition) is 0. The van der Waals surface area contributed by atoms with Crippen molar-refractivity contribution in [3.8, 4) is 22.8 Å². The van der Waals surface area contributed by atoms with Gasteiger partial charge in [-0.1, -0.05) is 19.9 Å². The number of rotatable bonds is 2. The summed E-state index contributed by atoms with van der Waals surface area (Å²) in [4.78, 5) is 4.50. The lowest BCUT2D eigenvalue weighted by Crippen LogP contribution is -1.95. The molecule has 0 fully saturated rings. The molecule has 0 saturated heterocycles. The molecule has 0 unspecified atom stereocenters. The van der Waals surface area contributed by atoms with E-state index >= 15 is 0 Å². The van der Waals surface area contributed by atoms with Gasteiger partial charge in [0.2, 0.25) is 6.79 Å². The van der Waals surface area contributed by atoms with Crippen LogP contribution in [-0.2, 0) is 0 Å². The Bertz CT molecular complexity index is 578. The van der Waals surface area contributed by atoms with Crippen LogP contribution in [-0.4, -0.2) is 11.8 Å². The second-order valence-corrected chi connectivity index (χ2v) is 4.66. The molecule has 0 saturated carbocycles. The van der Waals surface area contributed by atoms with Crippen LogP contribution in [0.1, 0.15) is 25.3 Å². The lowest BCUT2D eigenvalue weighted by molar-refractivity contribution is 0.174. The highest BCUT2D eigenvalue weighted by atomic mass is 16.7. The lowest BCUT2D eigenvalue weighted by Gasteiger charge is -2.11. The van der Waals surface area contributed by atoms with Gasteiger partial charge in [0.25, 0.3) is 0 Å². The summed E-state index contributed by atoms with van der Waals surface area (Å²) in [7, 11) is 0. The Hall–Kier alpha value is -2.03. The first-order valence-corrected chi connectivity index (χ1v) is 6.10. The molecule has 2 aromatic rings. The van der Waals surface area contributed by atoms with Crippen molar-refractivity contribution in [2.24, 2.45) is 0 Å². The maximum atomic E-state index is 5.41. The molecule has 0 radical (unpaired) electrons. The van der Waals surface area contributed by atoms with Crippen LogP contribution in [0, 0.1) is 0 Å². The minimum Gasteiger partial charge on any atom is -0.454 e. The smallest absolute Gasteiger partial charge is 0.231 e. The van der Waals surface area contributed by atoms with Gasteiger partial charge in [-0.05, 0) is 35.7 Å². The molecule has 0 spiro atoms. The highest BCUT2D eigenvalue weighted by Gasteiger charge is 2.16. The molecule has 0 bridgehead atoms. The van der Waals surface area contributed by atoms with Crippen molar-refractivity contribution < 1.29 is 9.47 Å². The number of benzene rings is 1. The predicted molar refractivity (Wildman–Crippen MR) is 69.9 cm³/mol. The summed E-state index contributed by atoms with van der Waals surface area (Å²) >= 11 is 0. The van der Waals surface area contributed by atoms with Gasteiger partial charge in [0.05, 0.1) is 5.69 Å². The zero-order chi connectivity index (χ0) is 12.5. The lowest BCUT2D eigenvalue weighted by atomic mass is 9.97. The van der Waals surface area contributed by atoms with Crippen molar-refractivity contribution in [1.82, 2.24) is 4.98 Å². The third-order valence-electron chi connectivity index (χ3n) is 3.11. The molecule has 2 heterocycles. The Morgan fingerprint density at radius 3 is 2.78 bits per heavy atom. The molecule has 3 nitrogen and oxygen atoms in total. The van der Waals surface area contributed by atoms with E-state index in [1.165, 1.54) is 5.56 Å². The van der Waals surface area contributed by atoms with E-state index in [1.807, 2.05) is 30.5 Å². The van der Waals surface area contributed by atoms with Gasteiger partial charge in [-0.2, -0.15) is 0 Å². The van der Waals surface area contributed by atoms with E-state index in [4.69, 9.17) is 9.47 Å². The van der Waals surface area contributed by atoms with Gasteiger partial charge in [0, 0.05) is 11.8 Å². The topological polar surface area (TPSA) is 31.4 Å². The summed E-state index contributed by atoms with van der Waals surface area (Å²) in [6.45, 7) is 4.65. The van der Waals surface area contributed by atoms with Gasteiger partial charge in [-0.15, -0.1) is 0 Å². The van der Waals surface area contributed by atoms with Gasteiger partial charge < -0.3 is 9.47 Å². The standard InChI is InChI=1S/C15H15NO2/c1-10(2)12-4-3-7-16-15(12)11-5-6-13-14(8-11)18-9-17-13/h3-8,10H,9H2,1-2H3. The third kappa shape index (κ3) is 1.82. The first-order valence-electron chi connectivity index (χ1n) is 6.10. The summed E-state index contributed by atoms with van der Waals surface area (Å²) in [6, 6.07) is 10.1. The normalized spacial score (nSPS) is 13.1. The Balaban J connectivity index is 2.10. The largest absolute Gasteiger partial charge is 0.454 e. The SMILES string of the molecule is CC(C)c1cccnc1-c1ccc2c(c1)OCO2. The summed E-state index contributed by atoms with van der Waals surface area (Å²) in [5, 5.41) is 0. The Labute approximate surface area is 106 Å². The molecule has 0 amide bonds. The molecule has 92 valence electrons. The Kier molecular flexibility index (Phi) is 2.67. The van der Waals surface area contributed by atoms with Gasteiger partial charge >= 0.3 is 0 Å². The fourth-order valence-electron chi connectivity index (χ4n) is 2.17. The van der Waals surface area contributed by atoms with Crippen LogP contribution in [0.4, 0.5) is 0 Å². The van der Waals surface area contributed by atoms with E-state index in [9.17, 15) is 0 Å². The van der Waals surface area contributed by atoms with Crippen LogP contribution >= 0.6 is 0 Å². The van der Waals surface area contributed by atoms with Crippen molar-refractivity contribution in [1.29, 1.82) is 0 Å². The van der Waals surface area contributed by atoms with E-state index in [1.54, 1.807) is 0 Å². The van der Waals surface area contributed by atoms with Crippen molar-refractivity contribution in [3.63, 3.8) is 0 Å². The first kappa shape index (κ1) is 11.1. The van der Waals surface area contributed by atoms with Crippen LogP contribution in [0.2, 0.25) is 0 Å². The molecule has 0 atom stereocenters. The average molecular weight is 241 g/mol. The number of hydrogen-bond acceptors (Lipinski definition) is 3. The second kappa shape index (κ2) is 4.33. The van der Waals surface area contributed by atoms with Gasteiger partial charge in [-0.3, -0.25) is 4.98 Å². The van der Waals surface area contributed by atoms with Crippen molar-refractivity contribution >= 4 is 0 Å². The zero-order valence-corrected chi connectivity index (χ0v) is 10.5. The molecule has 3 rings (SSSR count). The molecule has 0 aliphatic carbocycles. The van der Waals surface area contributed by atoms with Crippen LogP contribution in [0.3, 0.4) is 0 Å². The third-order valence-corrected chi connectivity index (χ3v) is 3.11. The fraction of sp³-hybridized carbons (Fsp3) is 0.267. The molecular weight excluding hydrogens is 226 g/mol. The van der Waals surface area contributed by atoms with Crippen LogP contribution in [0.5, 0.6) is 11.5 Å². The summed E-state index contributed by atoms with van der Waals surface area (Å²) in [6.07, 6.45) is 1.83. The van der Waals surface area contributed by atoms with Crippen LogP contribution in [0.15, 0.2) is 36.5 Å². The summed E-state index contributed by atoms with van der Waals surface area (Å²) in [5.74, 6) is 2.05. The molecule has 18 heavy (non-hydrogen) atoms. The monoisotopic (exact) mass is 241 g/mol. The van der Waals surface area contributed by atoms with Gasteiger partial charge in [0.1, 0.15) is 0 Å². The molecule has 1 aliphatic heterocycles. The predicted octanol–water partition coefficient (Wildman–Crippen LogP) is 3.60. The van der Waals surface area contributed by atoms with E-state index in [0.717, 1.165) is 22.8 Å².